The van der Waals surface area contributed by atoms with Crippen LogP contribution in [0.1, 0.15) is 13.8 Å². The van der Waals surface area contributed by atoms with Gasteiger partial charge in [0.15, 0.2) is 0 Å². The molecule has 0 unspecified atom stereocenters. The highest BCUT2D eigenvalue weighted by molar-refractivity contribution is 5.04. The van der Waals surface area contributed by atoms with Crippen LogP contribution in [-0.4, -0.2) is 0 Å². The summed E-state index contributed by atoms with van der Waals surface area (Å²) < 4.78 is 0. The van der Waals surface area contributed by atoms with Gasteiger partial charge in [0.25, 0.3) is 0 Å². The van der Waals surface area contributed by atoms with Crippen LogP contribution in [0, 0.1) is 6.08 Å². The van der Waals surface area contributed by atoms with Crippen LogP contribution in [0.4, 0.5) is 0 Å². The zero-order valence-electron chi connectivity index (χ0n) is 4.28. The molecule has 0 saturated heterocycles. The minimum atomic E-state index is 1.11. The molecule has 0 heterocycles. The lowest BCUT2D eigenvalue weighted by Gasteiger charge is -1.77. The second-order valence-electron chi connectivity index (χ2n) is 1.15. The Kier molecular flexibility index (Phi) is 2.47. The van der Waals surface area contributed by atoms with Gasteiger partial charge in [-0.25, -0.2) is 0 Å². The SMILES string of the molecule is C=[C]C(C)=CC. The number of hydrogen-bond acceptors (Lipinski definition) is 0. The quantitative estimate of drug-likeness (QED) is 0.423. The molecule has 0 saturated carbocycles. The molecule has 0 aliphatic rings. The molecular formula is C6H9. The maximum atomic E-state index is 3.44. The minimum Gasteiger partial charge on any atom is -0.0909 e. The Morgan fingerprint density at radius 2 is 2.33 bits per heavy atom. The van der Waals surface area contributed by atoms with Crippen molar-refractivity contribution in [1.29, 1.82) is 0 Å². The number of allylic oxidation sites excluding steroid dienone is 3. The zero-order valence-corrected chi connectivity index (χ0v) is 4.28. The van der Waals surface area contributed by atoms with E-state index in [9.17, 15) is 0 Å². The summed E-state index contributed by atoms with van der Waals surface area (Å²) in [6.45, 7) is 7.37. The molecule has 0 nitrogen and oxygen atoms in total. The monoisotopic (exact) mass is 81.1 g/mol. The smallest absolute Gasteiger partial charge is 0.0233 e. The van der Waals surface area contributed by atoms with Gasteiger partial charge < -0.3 is 0 Å². The molecule has 0 aliphatic heterocycles. The van der Waals surface area contributed by atoms with Crippen molar-refractivity contribution < 1.29 is 0 Å². The minimum absolute atomic E-state index is 1.11. The molecule has 0 atom stereocenters. The summed E-state index contributed by atoms with van der Waals surface area (Å²) in [4.78, 5) is 0. The average molecular weight is 81.1 g/mol. The molecule has 33 valence electrons. The molecule has 0 bridgehead atoms. The molecule has 0 aromatic carbocycles. The topological polar surface area (TPSA) is 0 Å². The van der Waals surface area contributed by atoms with Crippen molar-refractivity contribution in [2.75, 3.05) is 0 Å². The molecule has 0 rings (SSSR count). The van der Waals surface area contributed by atoms with E-state index in [0.29, 0.717) is 0 Å². The summed E-state index contributed by atoms with van der Waals surface area (Å²) >= 11 is 0. The highest BCUT2D eigenvalue weighted by atomic mass is 13.7. The van der Waals surface area contributed by atoms with Crippen molar-refractivity contribution in [2.24, 2.45) is 0 Å². The summed E-state index contributed by atoms with van der Waals surface area (Å²) in [5.41, 5.74) is 1.11. The van der Waals surface area contributed by atoms with Crippen molar-refractivity contribution >= 4 is 0 Å². The van der Waals surface area contributed by atoms with Crippen LogP contribution in [0.25, 0.3) is 0 Å². The van der Waals surface area contributed by atoms with Gasteiger partial charge >= 0.3 is 0 Å². The van der Waals surface area contributed by atoms with Gasteiger partial charge in [-0.15, -0.1) is 0 Å². The molecule has 0 spiro atoms. The van der Waals surface area contributed by atoms with Crippen molar-refractivity contribution in [1.82, 2.24) is 0 Å². The molecule has 0 N–H and O–H groups in total. The molecule has 0 aliphatic carbocycles. The summed E-state index contributed by atoms with van der Waals surface area (Å²) in [6.07, 6.45) is 4.69. The van der Waals surface area contributed by atoms with E-state index in [4.69, 9.17) is 0 Å². The summed E-state index contributed by atoms with van der Waals surface area (Å²) in [5.74, 6) is 0. The standard InChI is InChI=1S/C6H9/c1-4-6(3)5-2/h5H,1H2,2-3H3. The van der Waals surface area contributed by atoms with E-state index in [-0.39, 0.29) is 0 Å². The van der Waals surface area contributed by atoms with Gasteiger partial charge in [0.1, 0.15) is 0 Å². The van der Waals surface area contributed by atoms with E-state index in [1.807, 2.05) is 19.9 Å². The third-order valence-electron chi connectivity index (χ3n) is 0.712. The van der Waals surface area contributed by atoms with Crippen molar-refractivity contribution in [3.63, 3.8) is 0 Å². The van der Waals surface area contributed by atoms with E-state index in [0.717, 1.165) is 5.57 Å². The molecule has 1 radical (unpaired) electrons. The molecule has 0 heteroatoms. The highest BCUT2D eigenvalue weighted by Gasteiger charge is 1.67. The van der Waals surface area contributed by atoms with Crippen molar-refractivity contribution in [2.45, 2.75) is 13.8 Å². The summed E-state index contributed by atoms with van der Waals surface area (Å²) in [6, 6.07) is 0. The Bertz CT molecular complexity index is 68.1. The van der Waals surface area contributed by atoms with Crippen LogP contribution in [-0.2, 0) is 0 Å². The van der Waals surface area contributed by atoms with Gasteiger partial charge in [-0.2, -0.15) is 0 Å². The van der Waals surface area contributed by atoms with E-state index in [1.54, 1.807) is 0 Å². The maximum absolute atomic E-state index is 3.44. The largest absolute Gasteiger partial charge is 0.0909 e. The Labute approximate surface area is 39.2 Å². The Balaban J connectivity index is 3.50. The second-order valence-corrected chi connectivity index (χ2v) is 1.15. The van der Waals surface area contributed by atoms with Crippen LogP contribution in [0.15, 0.2) is 18.2 Å². The lowest BCUT2D eigenvalue weighted by atomic mass is 10.3. The first-order valence-electron chi connectivity index (χ1n) is 1.97. The fraction of sp³-hybridized carbons (Fsp3) is 0.333. The normalized spacial score (nSPS) is 11.3. The summed E-state index contributed by atoms with van der Waals surface area (Å²) in [5, 5.41) is 0. The second kappa shape index (κ2) is 2.70. The fourth-order valence-corrected chi connectivity index (χ4v) is 0.102. The summed E-state index contributed by atoms with van der Waals surface area (Å²) in [7, 11) is 0. The molecule has 0 amide bonds. The van der Waals surface area contributed by atoms with Crippen LogP contribution in [0.3, 0.4) is 0 Å². The van der Waals surface area contributed by atoms with Crippen molar-refractivity contribution in [3.05, 3.63) is 24.3 Å². The van der Waals surface area contributed by atoms with Gasteiger partial charge in [0.2, 0.25) is 0 Å². The Morgan fingerprint density at radius 1 is 1.83 bits per heavy atom. The van der Waals surface area contributed by atoms with Crippen molar-refractivity contribution in [3.8, 4) is 0 Å². The molecule has 0 fully saturated rings. The van der Waals surface area contributed by atoms with E-state index >= 15 is 0 Å². The van der Waals surface area contributed by atoms with Gasteiger partial charge in [-0.1, -0.05) is 12.7 Å². The maximum Gasteiger partial charge on any atom is -0.0233 e. The molecule has 0 aromatic rings. The Hall–Kier alpha value is -0.520. The third-order valence-corrected chi connectivity index (χ3v) is 0.712. The lowest BCUT2D eigenvalue weighted by Crippen LogP contribution is -1.58. The lowest BCUT2D eigenvalue weighted by molar-refractivity contribution is 1.46. The van der Waals surface area contributed by atoms with Crippen LogP contribution in [0.2, 0.25) is 0 Å². The molecule has 0 aromatic heterocycles. The van der Waals surface area contributed by atoms with Gasteiger partial charge in [0.05, 0.1) is 0 Å². The average Bonchev–Trinajstić information content (AvgIpc) is 1.65. The van der Waals surface area contributed by atoms with Crippen LogP contribution >= 0.6 is 0 Å². The predicted molar refractivity (Wildman–Crippen MR) is 28.3 cm³/mol. The van der Waals surface area contributed by atoms with Crippen LogP contribution in [0.5, 0.6) is 0 Å². The number of hydrogen-bond donors (Lipinski definition) is 0. The Morgan fingerprint density at radius 3 is 2.33 bits per heavy atom. The van der Waals surface area contributed by atoms with Gasteiger partial charge in [-0.3, -0.25) is 0 Å². The van der Waals surface area contributed by atoms with Gasteiger partial charge in [-0.05, 0) is 25.5 Å². The predicted octanol–water partition coefficient (Wildman–Crippen LogP) is 1.94. The first kappa shape index (κ1) is 5.48. The third kappa shape index (κ3) is 1.77. The van der Waals surface area contributed by atoms with Crippen LogP contribution < -0.4 is 0 Å². The van der Waals surface area contributed by atoms with E-state index < -0.39 is 0 Å². The fourth-order valence-electron chi connectivity index (χ4n) is 0.102. The molecule has 6 heavy (non-hydrogen) atoms. The van der Waals surface area contributed by atoms with E-state index in [1.165, 1.54) is 0 Å². The van der Waals surface area contributed by atoms with Gasteiger partial charge in [0, 0.05) is 0 Å². The molecular weight excluding hydrogens is 72.1 g/mol. The number of rotatable bonds is 1. The first-order valence-corrected chi connectivity index (χ1v) is 1.97. The van der Waals surface area contributed by atoms with E-state index in [2.05, 4.69) is 12.7 Å². The zero-order chi connectivity index (χ0) is 4.99. The first-order chi connectivity index (χ1) is 2.81. The highest BCUT2D eigenvalue weighted by Crippen LogP contribution is 1.86.